The molecule has 2 atom stereocenters. The van der Waals surface area contributed by atoms with Crippen molar-refractivity contribution in [3.05, 3.63) is 40.4 Å². The van der Waals surface area contributed by atoms with E-state index in [9.17, 15) is 14.7 Å². The number of fused-ring (bicyclic) bond motifs is 1. The number of aromatic nitrogens is 2. The SMILES string of the molecule is CC[C@@H](C)[C@](C)(O)CNC(=O)CCn1cnc2c(C)cccc2c1=O. The maximum atomic E-state index is 12.5. The van der Waals surface area contributed by atoms with Gasteiger partial charge in [0.05, 0.1) is 22.8 Å². The first-order valence-corrected chi connectivity index (χ1v) is 8.70. The number of para-hydroxylation sites is 1. The number of benzene rings is 1. The highest BCUT2D eigenvalue weighted by Crippen LogP contribution is 2.18. The van der Waals surface area contributed by atoms with Crippen LogP contribution in [-0.2, 0) is 11.3 Å². The van der Waals surface area contributed by atoms with E-state index >= 15 is 0 Å². The number of aliphatic hydroxyl groups is 1. The number of hydrogen-bond acceptors (Lipinski definition) is 4. The molecular formula is C19H27N3O3. The quantitative estimate of drug-likeness (QED) is 0.804. The molecule has 0 saturated heterocycles. The van der Waals surface area contributed by atoms with Crippen LogP contribution in [0.5, 0.6) is 0 Å². The molecule has 0 fully saturated rings. The largest absolute Gasteiger partial charge is 0.388 e. The van der Waals surface area contributed by atoms with Crippen LogP contribution in [0.2, 0.25) is 0 Å². The molecule has 2 aromatic rings. The molecule has 0 radical (unpaired) electrons. The summed E-state index contributed by atoms with van der Waals surface area (Å²) in [5.41, 5.74) is 0.557. The second kappa shape index (κ2) is 7.78. The molecule has 0 aliphatic heterocycles. The lowest BCUT2D eigenvalue weighted by molar-refractivity contribution is -0.123. The first-order chi connectivity index (χ1) is 11.8. The van der Waals surface area contributed by atoms with E-state index in [1.54, 1.807) is 13.0 Å². The standard InChI is InChI=1S/C19H27N3O3/c1-5-14(3)19(4,25)11-20-16(23)9-10-22-12-21-17-13(2)7-6-8-15(17)18(22)24/h6-8,12,14,25H,5,9-11H2,1-4H3,(H,20,23)/t14-,19-/m1/s1. The third-order valence-electron chi connectivity index (χ3n) is 4.95. The minimum Gasteiger partial charge on any atom is -0.388 e. The molecule has 0 aliphatic rings. The van der Waals surface area contributed by atoms with Crippen molar-refractivity contribution in [2.45, 2.75) is 52.7 Å². The van der Waals surface area contributed by atoms with Crippen molar-refractivity contribution in [1.82, 2.24) is 14.9 Å². The zero-order chi connectivity index (χ0) is 18.6. The lowest BCUT2D eigenvalue weighted by atomic mass is 9.88. The molecule has 136 valence electrons. The predicted molar refractivity (Wildman–Crippen MR) is 98.4 cm³/mol. The average molecular weight is 345 g/mol. The van der Waals surface area contributed by atoms with Gasteiger partial charge >= 0.3 is 0 Å². The Bertz CT molecular complexity index is 811. The maximum absolute atomic E-state index is 12.5. The van der Waals surface area contributed by atoms with Crippen LogP contribution in [0.25, 0.3) is 10.9 Å². The van der Waals surface area contributed by atoms with E-state index < -0.39 is 5.60 Å². The molecule has 0 bridgehead atoms. The molecule has 1 amide bonds. The average Bonchev–Trinajstić information content (AvgIpc) is 2.59. The van der Waals surface area contributed by atoms with Crippen LogP contribution in [0.15, 0.2) is 29.3 Å². The minimum atomic E-state index is -0.941. The third-order valence-corrected chi connectivity index (χ3v) is 4.95. The van der Waals surface area contributed by atoms with Gasteiger partial charge in [0.2, 0.25) is 5.91 Å². The normalized spacial score (nSPS) is 14.9. The second-order valence-electron chi connectivity index (χ2n) is 6.91. The summed E-state index contributed by atoms with van der Waals surface area (Å²) in [5.74, 6) is -0.108. The summed E-state index contributed by atoms with van der Waals surface area (Å²) >= 11 is 0. The van der Waals surface area contributed by atoms with Crippen molar-refractivity contribution in [1.29, 1.82) is 0 Å². The topological polar surface area (TPSA) is 84.2 Å². The van der Waals surface area contributed by atoms with Gasteiger partial charge in [-0.1, -0.05) is 32.4 Å². The monoisotopic (exact) mass is 345 g/mol. The van der Waals surface area contributed by atoms with Gasteiger partial charge in [0, 0.05) is 19.5 Å². The molecule has 25 heavy (non-hydrogen) atoms. The van der Waals surface area contributed by atoms with E-state index in [2.05, 4.69) is 10.3 Å². The Morgan fingerprint density at radius 3 is 2.84 bits per heavy atom. The van der Waals surface area contributed by atoms with E-state index in [4.69, 9.17) is 0 Å². The predicted octanol–water partition coefficient (Wildman–Crippen LogP) is 2.01. The lowest BCUT2D eigenvalue weighted by Crippen LogP contribution is -2.45. The van der Waals surface area contributed by atoms with Gasteiger partial charge in [0.25, 0.3) is 5.56 Å². The molecule has 1 aromatic carbocycles. The van der Waals surface area contributed by atoms with Crippen molar-refractivity contribution in [2.24, 2.45) is 5.92 Å². The lowest BCUT2D eigenvalue weighted by Gasteiger charge is -2.29. The van der Waals surface area contributed by atoms with Crippen molar-refractivity contribution >= 4 is 16.8 Å². The molecule has 0 spiro atoms. The van der Waals surface area contributed by atoms with Crippen molar-refractivity contribution in [3.8, 4) is 0 Å². The van der Waals surface area contributed by atoms with Crippen LogP contribution in [0.1, 0.15) is 39.2 Å². The summed E-state index contributed by atoms with van der Waals surface area (Å²) in [6, 6.07) is 5.49. The Morgan fingerprint density at radius 2 is 2.16 bits per heavy atom. The molecule has 2 N–H and O–H groups in total. The van der Waals surface area contributed by atoms with E-state index in [0.29, 0.717) is 10.9 Å². The fourth-order valence-electron chi connectivity index (χ4n) is 2.70. The van der Waals surface area contributed by atoms with Crippen molar-refractivity contribution in [2.75, 3.05) is 6.54 Å². The number of amides is 1. The van der Waals surface area contributed by atoms with E-state index in [1.807, 2.05) is 32.9 Å². The van der Waals surface area contributed by atoms with Crippen LogP contribution < -0.4 is 10.9 Å². The van der Waals surface area contributed by atoms with Crippen LogP contribution >= 0.6 is 0 Å². The summed E-state index contributed by atoms with van der Waals surface area (Å²) in [6.07, 6.45) is 2.48. The molecular weight excluding hydrogens is 318 g/mol. The van der Waals surface area contributed by atoms with Crippen molar-refractivity contribution < 1.29 is 9.90 Å². The first kappa shape index (κ1) is 19.1. The summed E-state index contributed by atoms with van der Waals surface area (Å²) < 4.78 is 1.45. The first-order valence-electron chi connectivity index (χ1n) is 8.70. The number of nitrogens with zero attached hydrogens (tertiary/aromatic N) is 2. The van der Waals surface area contributed by atoms with Crippen LogP contribution in [0.4, 0.5) is 0 Å². The number of hydrogen-bond donors (Lipinski definition) is 2. The van der Waals surface area contributed by atoms with Gasteiger partial charge in [0.15, 0.2) is 0 Å². The van der Waals surface area contributed by atoms with Gasteiger partial charge < -0.3 is 10.4 Å². The second-order valence-corrected chi connectivity index (χ2v) is 6.91. The molecule has 1 heterocycles. The molecule has 2 rings (SSSR count). The number of aryl methyl sites for hydroxylation is 2. The summed E-state index contributed by atoms with van der Waals surface area (Å²) in [4.78, 5) is 28.9. The van der Waals surface area contributed by atoms with Gasteiger partial charge in [-0.25, -0.2) is 4.98 Å². The Kier molecular flexibility index (Phi) is 5.95. The van der Waals surface area contributed by atoms with Crippen LogP contribution in [0.3, 0.4) is 0 Å². The fraction of sp³-hybridized carbons (Fsp3) is 0.526. The Morgan fingerprint density at radius 1 is 1.44 bits per heavy atom. The van der Waals surface area contributed by atoms with Gasteiger partial charge in [0.1, 0.15) is 0 Å². The zero-order valence-corrected chi connectivity index (χ0v) is 15.4. The van der Waals surface area contributed by atoms with Crippen LogP contribution in [-0.4, -0.2) is 32.7 Å². The molecule has 0 saturated carbocycles. The van der Waals surface area contributed by atoms with E-state index in [-0.39, 0.29) is 36.9 Å². The van der Waals surface area contributed by atoms with E-state index in [1.165, 1.54) is 10.9 Å². The number of carbonyl (C=O) groups is 1. The Balaban J connectivity index is 2.00. The van der Waals surface area contributed by atoms with Gasteiger partial charge in [-0.2, -0.15) is 0 Å². The maximum Gasteiger partial charge on any atom is 0.261 e. The number of rotatable bonds is 7. The van der Waals surface area contributed by atoms with Crippen molar-refractivity contribution in [3.63, 3.8) is 0 Å². The Labute approximate surface area is 147 Å². The zero-order valence-electron chi connectivity index (χ0n) is 15.4. The van der Waals surface area contributed by atoms with E-state index in [0.717, 1.165) is 12.0 Å². The van der Waals surface area contributed by atoms with Gasteiger partial charge in [-0.05, 0) is 31.4 Å². The highest BCUT2D eigenvalue weighted by atomic mass is 16.3. The molecule has 6 heteroatoms. The third kappa shape index (κ3) is 4.45. The minimum absolute atomic E-state index is 0.0864. The number of nitrogens with one attached hydrogen (secondary N) is 1. The van der Waals surface area contributed by atoms with Gasteiger partial charge in [-0.15, -0.1) is 0 Å². The molecule has 6 nitrogen and oxygen atoms in total. The van der Waals surface area contributed by atoms with Crippen LogP contribution in [0, 0.1) is 12.8 Å². The fourth-order valence-corrected chi connectivity index (χ4v) is 2.70. The molecule has 1 aromatic heterocycles. The number of carbonyl (C=O) groups excluding carboxylic acids is 1. The Hall–Kier alpha value is -2.21. The van der Waals surface area contributed by atoms with Gasteiger partial charge in [-0.3, -0.25) is 14.2 Å². The highest BCUT2D eigenvalue weighted by molar-refractivity contribution is 5.80. The highest BCUT2D eigenvalue weighted by Gasteiger charge is 2.27. The summed E-state index contributed by atoms with van der Waals surface area (Å²) in [5, 5.41) is 13.6. The molecule has 0 aliphatic carbocycles. The molecule has 0 unspecified atom stereocenters. The summed E-state index contributed by atoms with van der Waals surface area (Å²) in [7, 11) is 0. The smallest absolute Gasteiger partial charge is 0.261 e. The summed E-state index contributed by atoms with van der Waals surface area (Å²) in [6.45, 7) is 8.05.